The summed E-state index contributed by atoms with van der Waals surface area (Å²) in [6.45, 7) is 0. The average molecular weight is 424 g/mol. The van der Waals surface area contributed by atoms with Crippen molar-refractivity contribution < 1.29 is 23.8 Å². The van der Waals surface area contributed by atoms with Gasteiger partial charge in [-0.3, -0.25) is 9.59 Å². The van der Waals surface area contributed by atoms with Gasteiger partial charge in [-0.2, -0.15) is 5.10 Å². The van der Waals surface area contributed by atoms with Gasteiger partial charge in [-0.25, -0.2) is 9.82 Å². The highest BCUT2D eigenvalue weighted by atomic mass is 79.9. The van der Waals surface area contributed by atoms with E-state index in [0.717, 1.165) is 0 Å². The Kier molecular flexibility index (Phi) is 6.67. The molecule has 9 heteroatoms. The maximum atomic E-state index is 13.4. The van der Waals surface area contributed by atoms with Gasteiger partial charge < -0.3 is 15.2 Å². The molecule has 0 bridgehead atoms. The molecule has 7 nitrogen and oxygen atoms in total. The topological polar surface area (TPSA) is 100 Å². The monoisotopic (exact) mass is 423 g/mol. The highest BCUT2D eigenvalue weighted by molar-refractivity contribution is 9.10. The maximum absolute atomic E-state index is 13.4. The molecule has 0 spiro atoms. The third-order valence-electron chi connectivity index (χ3n) is 3.15. The predicted octanol–water partition coefficient (Wildman–Crippen LogP) is 2.78. The summed E-state index contributed by atoms with van der Waals surface area (Å²) in [6.07, 6.45) is 0.661. The first-order chi connectivity index (χ1) is 12.4. The van der Waals surface area contributed by atoms with Crippen LogP contribution in [0.5, 0.6) is 11.5 Å². The predicted molar refractivity (Wildman–Crippen MR) is 97.7 cm³/mol. The molecule has 0 aliphatic heterocycles. The second kappa shape index (κ2) is 8.95. The first kappa shape index (κ1) is 19.4. The molecule has 0 aliphatic carbocycles. The number of phenolic OH excluding ortho intramolecular Hbond substituents is 1. The molecule has 2 aromatic rings. The molecule has 0 saturated heterocycles. The number of hydrogen-bond acceptors (Lipinski definition) is 5. The summed E-state index contributed by atoms with van der Waals surface area (Å²) in [7, 11) is 1.40. The number of rotatable bonds is 6. The number of aromatic hydroxyl groups is 1. The Bertz CT molecular complexity index is 858. The smallest absolute Gasteiger partial charge is 0.249 e. The van der Waals surface area contributed by atoms with Crippen LogP contribution in [0.25, 0.3) is 0 Å². The van der Waals surface area contributed by atoms with E-state index >= 15 is 0 Å². The molecule has 2 rings (SSSR count). The minimum Gasteiger partial charge on any atom is -0.504 e. The fourth-order valence-corrected chi connectivity index (χ4v) is 2.42. The van der Waals surface area contributed by atoms with E-state index in [1.54, 1.807) is 18.2 Å². The van der Waals surface area contributed by atoms with E-state index in [-0.39, 0.29) is 17.2 Å². The van der Waals surface area contributed by atoms with E-state index in [4.69, 9.17) is 4.74 Å². The van der Waals surface area contributed by atoms with Crippen molar-refractivity contribution in [1.29, 1.82) is 0 Å². The Balaban J connectivity index is 1.92. The van der Waals surface area contributed by atoms with Crippen LogP contribution in [0, 0.1) is 5.82 Å². The van der Waals surface area contributed by atoms with E-state index < -0.39 is 24.1 Å². The number of phenols is 1. The zero-order chi connectivity index (χ0) is 19.1. The van der Waals surface area contributed by atoms with E-state index in [9.17, 15) is 19.1 Å². The van der Waals surface area contributed by atoms with E-state index in [1.807, 2.05) is 0 Å². The molecule has 26 heavy (non-hydrogen) atoms. The average Bonchev–Trinajstić information content (AvgIpc) is 2.59. The molecular formula is C17H15BrFN3O4. The van der Waals surface area contributed by atoms with Crippen LogP contribution in [0.3, 0.4) is 0 Å². The Morgan fingerprint density at radius 2 is 2.04 bits per heavy atom. The lowest BCUT2D eigenvalue weighted by atomic mass is 10.2. The maximum Gasteiger partial charge on any atom is 0.249 e. The lowest BCUT2D eigenvalue weighted by molar-refractivity contribution is -0.126. The third kappa shape index (κ3) is 5.28. The van der Waals surface area contributed by atoms with Gasteiger partial charge in [0.1, 0.15) is 12.2 Å². The van der Waals surface area contributed by atoms with Crippen molar-refractivity contribution in [3.05, 3.63) is 52.3 Å². The fraction of sp³-hybridized carbons (Fsp3) is 0.118. The Labute approximate surface area is 157 Å². The largest absolute Gasteiger partial charge is 0.504 e. The van der Waals surface area contributed by atoms with Crippen molar-refractivity contribution in [3.8, 4) is 11.5 Å². The molecule has 0 radical (unpaired) electrons. The van der Waals surface area contributed by atoms with Gasteiger partial charge >= 0.3 is 0 Å². The number of anilines is 1. The summed E-state index contributed by atoms with van der Waals surface area (Å²) < 4.78 is 19.1. The van der Waals surface area contributed by atoms with Gasteiger partial charge in [-0.1, -0.05) is 28.1 Å². The second-order valence-corrected chi connectivity index (χ2v) is 5.96. The Morgan fingerprint density at radius 1 is 1.31 bits per heavy atom. The molecule has 136 valence electrons. The molecule has 0 aliphatic rings. The van der Waals surface area contributed by atoms with Crippen LogP contribution < -0.4 is 15.5 Å². The molecule has 0 atom stereocenters. The molecule has 3 N–H and O–H groups in total. The Hall–Kier alpha value is -2.94. The lowest BCUT2D eigenvalue weighted by Crippen LogP contribution is -2.24. The minimum atomic E-state index is -0.698. The summed E-state index contributed by atoms with van der Waals surface area (Å²) in [4.78, 5) is 23.5. The van der Waals surface area contributed by atoms with Crippen LogP contribution in [0.15, 0.2) is 46.0 Å². The number of para-hydroxylation sites is 1. The summed E-state index contributed by atoms with van der Waals surface area (Å²) in [5, 5.41) is 15.9. The van der Waals surface area contributed by atoms with Gasteiger partial charge in [0.15, 0.2) is 11.5 Å². The van der Waals surface area contributed by atoms with Crippen molar-refractivity contribution >= 4 is 39.6 Å². The van der Waals surface area contributed by atoms with Gasteiger partial charge in [-0.05, 0) is 24.3 Å². The van der Waals surface area contributed by atoms with E-state index in [0.29, 0.717) is 10.0 Å². The molecule has 2 amide bonds. The van der Waals surface area contributed by atoms with Crippen molar-refractivity contribution in [2.75, 3.05) is 12.4 Å². The van der Waals surface area contributed by atoms with Gasteiger partial charge in [0.05, 0.1) is 19.0 Å². The number of methoxy groups -OCH3 is 1. The zero-order valence-corrected chi connectivity index (χ0v) is 15.2. The fourth-order valence-electron chi connectivity index (χ4n) is 1.96. The number of carbonyl (C=O) groups excluding carboxylic acids is 2. The first-order valence-electron chi connectivity index (χ1n) is 7.33. The summed E-state index contributed by atoms with van der Waals surface area (Å²) in [5.74, 6) is -1.90. The van der Waals surface area contributed by atoms with Gasteiger partial charge in [-0.15, -0.1) is 0 Å². The van der Waals surface area contributed by atoms with Gasteiger partial charge in [0, 0.05) is 10.0 Å². The molecule has 2 aromatic carbocycles. The summed E-state index contributed by atoms with van der Waals surface area (Å²) >= 11 is 3.26. The molecule has 0 saturated carbocycles. The van der Waals surface area contributed by atoms with Crippen LogP contribution in [0.2, 0.25) is 0 Å². The van der Waals surface area contributed by atoms with Crippen molar-refractivity contribution in [1.82, 2.24) is 5.43 Å². The first-order valence-corrected chi connectivity index (χ1v) is 8.12. The number of nitrogens with zero attached hydrogens (tertiary/aromatic N) is 1. The summed E-state index contributed by atoms with van der Waals surface area (Å²) in [5.41, 5.74) is 2.44. The van der Waals surface area contributed by atoms with E-state index in [1.165, 1.54) is 31.5 Å². The van der Waals surface area contributed by atoms with Crippen LogP contribution >= 0.6 is 15.9 Å². The number of hydrazone groups is 1. The third-order valence-corrected chi connectivity index (χ3v) is 3.61. The zero-order valence-electron chi connectivity index (χ0n) is 13.6. The number of carbonyl (C=O) groups is 2. The van der Waals surface area contributed by atoms with Crippen LogP contribution in [0.4, 0.5) is 10.1 Å². The minimum absolute atomic E-state index is 0.0139. The number of amides is 2. The van der Waals surface area contributed by atoms with Crippen LogP contribution in [-0.4, -0.2) is 30.2 Å². The SMILES string of the molecule is COc1cc(Br)cc(/C=N/NC(=O)CC(=O)Nc2ccccc2F)c1O. The van der Waals surface area contributed by atoms with Gasteiger partial charge in [0.2, 0.25) is 11.8 Å². The number of halogens is 2. The second-order valence-electron chi connectivity index (χ2n) is 5.04. The molecule has 0 fully saturated rings. The van der Waals surface area contributed by atoms with Gasteiger partial charge in [0.25, 0.3) is 0 Å². The Morgan fingerprint density at radius 3 is 2.73 bits per heavy atom. The molecular weight excluding hydrogens is 409 g/mol. The normalized spacial score (nSPS) is 10.6. The molecule has 0 unspecified atom stereocenters. The number of benzene rings is 2. The quantitative estimate of drug-likeness (QED) is 0.377. The lowest BCUT2D eigenvalue weighted by Gasteiger charge is -2.07. The van der Waals surface area contributed by atoms with Crippen molar-refractivity contribution in [2.24, 2.45) is 5.10 Å². The van der Waals surface area contributed by atoms with Crippen molar-refractivity contribution in [3.63, 3.8) is 0 Å². The molecule has 0 aromatic heterocycles. The van der Waals surface area contributed by atoms with Crippen molar-refractivity contribution in [2.45, 2.75) is 6.42 Å². The highest BCUT2D eigenvalue weighted by Gasteiger charge is 2.12. The van der Waals surface area contributed by atoms with Crippen LogP contribution in [0.1, 0.15) is 12.0 Å². The number of hydrogen-bond donors (Lipinski definition) is 3. The molecule has 0 heterocycles. The summed E-state index contributed by atoms with van der Waals surface area (Å²) in [6, 6.07) is 8.75. The number of ether oxygens (including phenoxy) is 1. The van der Waals surface area contributed by atoms with E-state index in [2.05, 4.69) is 31.8 Å². The highest BCUT2D eigenvalue weighted by Crippen LogP contribution is 2.32. The van der Waals surface area contributed by atoms with Crippen LogP contribution in [-0.2, 0) is 9.59 Å². The number of nitrogens with one attached hydrogen (secondary N) is 2. The standard InChI is InChI=1S/C17H15BrFN3O4/c1-26-14-7-11(18)6-10(17(14)25)9-20-22-16(24)8-15(23)21-13-5-3-2-4-12(13)19/h2-7,9,25H,8H2,1H3,(H,21,23)(H,22,24)/b20-9+.